The molecule has 7 nitrogen and oxygen atoms in total. The lowest BCUT2D eigenvalue weighted by atomic mass is 10.1. The maximum absolute atomic E-state index is 12.4. The van der Waals surface area contributed by atoms with Crippen LogP contribution in [-0.4, -0.2) is 62.7 Å². The first-order valence-electron chi connectivity index (χ1n) is 10.9. The summed E-state index contributed by atoms with van der Waals surface area (Å²) in [5.74, 6) is 2.77. The molecule has 2 heterocycles. The first kappa shape index (κ1) is 24.2. The van der Waals surface area contributed by atoms with Crippen LogP contribution in [0, 0.1) is 5.92 Å². The van der Waals surface area contributed by atoms with Gasteiger partial charge in [-0.3, -0.25) is 9.79 Å². The highest BCUT2D eigenvalue weighted by Gasteiger charge is 2.29. The Labute approximate surface area is 206 Å². The highest BCUT2D eigenvalue weighted by Crippen LogP contribution is 2.30. The van der Waals surface area contributed by atoms with E-state index in [2.05, 4.69) is 27.8 Å². The van der Waals surface area contributed by atoms with E-state index < -0.39 is 0 Å². The number of halogens is 1. The van der Waals surface area contributed by atoms with Crippen LogP contribution in [0.5, 0.6) is 11.5 Å². The first-order valence-corrected chi connectivity index (χ1v) is 10.9. The summed E-state index contributed by atoms with van der Waals surface area (Å²) in [6, 6.07) is 18.0. The van der Waals surface area contributed by atoms with Gasteiger partial charge in [0.15, 0.2) is 17.5 Å². The number of ether oxygens (including phenoxy) is 2. The third kappa shape index (κ3) is 6.51. The molecular formula is C24H31IN4O3. The van der Waals surface area contributed by atoms with Crippen molar-refractivity contribution in [1.29, 1.82) is 0 Å². The predicted octanol–water partition coefficient (Wildman–Crippen LogP) is 2.70. The maximum Gasteiger partial charge on any atom is 0.223 e. The van der Waals surface area contributed by atoms with Crippen molar-refractivity contribution in [1.82, 2.24) is 15.5 Å². The second-order valence-corrected chi connectivity index (χ2v) is 7.98. The van der Waals surface area contributed by atoms with Gasteiger partial charge < -0.3 is 25.0 Å². The second kappa shape index (κ2) is 11.9. The standard InChI is InChI=1S/C24H30N4O3.HI/c1-25-24(27-15-20-17-30-21-9-5-6-10-22(21)31-20)26-14-19-13-23(29)28(16-19)12-11-18-7-3-2-4-8-18;/h2-10,19-20H,11-17H2,1H3,(H2,25,26,27);1H. The SMILES string of the molecule is CN=C(NCC1CC(=O)N(CCc2ccccc2)C1)NCC1COc2ccccc2O1.I. The number of aliphatic imine (C=N–C) groups is 1. The Balaban J connectivity index is 0.00000289. The Morgan fingerprint density at radius 2 is 1.78 bits per heavy atom. The van der Waals surface area contributed by atoms with Crippen LogP contribution in [0.15, 0.2) is 59.6 Å². The third-order valence-electron chi connectivity index (χ3n) is 5.65. The number of nitrogens with zero attached hydrogens (tertiary/aromatic N) is 2. The van der Waals surface area contributed by atoms with Crippen LogP contribution in [0.1, 0.15) is 12.0 Å². The molecule has 4 rings (SSSR count). The van der Waals surface area contributed by atoms with E-state index in [9.17, 15) is 4.79 Å². The summed E-state index contributed by atoms with van der Waals surface area (Å²) in [5, 5.41) is 6.65. The number of para-hydroxylation sites is 2. The lowest BCUT2D eigenvalue weighted by molar-refractivity contribution is -0.127. The fraction of sp³-hybridized carbons (Fsp3) is 0.417. The molecule has 2 aliphatic rings. The van der Waals surface area contributed by atoms with Crippen LogP contribution in [0.25, 0.3) is 0 Å². The van der Waals surface area contributed by atoms with Gasteiger partial charge in [0.25, 0.3) is 0 Å². The summed E-state index contributed by atoms with van der Waals surface area (Å²) in [4.78, 5) is 18.6. The van der Waals surface area contributed by atoms with Gasteiger partial charge in [-0.2, -0.15) is 0 Å². The van der Waals surface area contributed by atoms with E-state index in [0.717, 1.165) is 31.0 Å². The van der Waals surface area contributed by atoms with Crippen molar-refractivity contribution in [3.8, 4) is 11.5 Å². The number of nitrogens with one attached hydrogen (secondary N) is 2. The van der Waals surface area contributed by atoms with Crippen molar-refractivity contribution in [2.45, 2.75) is 18.9 Å². The molecule has 0 radical (unpaired) electrons. The molecule has 0 saturated carbocycles. The number of carbonyl (C=O) groups excluding carboxylic acids is 1. The van der Waals surface area contributed by atoms with Crippen molar-refractivity contribution in [3.05, 3.63) is 60.2 Å². The Bertz CT molecular complexity index is 909. The molecule has 2 aromatic carbocycles. The van der Waals surface area contributed by atoms with E-state index in [4.69, 9.17) is 9.47 Å². The van der Waals surface area contributed by atoms with E-state index in [1.165, 1.54) is 5.56 Å². The molecular weight excluding hydrogens is 519 g/mol. The summed E-state index contributed by atoms with van der Waals surface area (Å²) in [5.41, 5.74) is 1.26. The molecule has 172 valence electrons. The number of hydrogen-bond donors (Lipinski definition) is 2. The quantitative estimate of drug-likeness (QED) is 0.315. The summed E-state index contributed by atoms with van der Waals surface area (Å²) >= 11 is 0. The smallest absolute Gasteiger partial charge is 0.223 e. The topological polar surface area (TPSA) is 75.2 Å². The Kier molecular flexibility index (Phi) is 9.01. The zero-order valence-corrected chi connectivity index (χ0v) is 20.7. The van der Waals surface area contributed by atoms with Gasteiger partial charge in [0.2, 0.25) is 5.91 Å². The van der Waals surface area contributed by atoms with Crippen LogP contribution in [0.3, 0.4) is 0 Å². The molecule has 1 fully saturated rings. The molecule has 1 saturated heterocycles. The van der Waals surface area contributed by atoms with Gasteiger partial charge in [0.1, 0.15) is 12.7 Å². The van der Waals surface area contributed by atoms with Crippen molar-refractivity contribution >= 4 is 35.8 Å². The lowest BCUT2D eigenvalue weighted by Gasteiger charge is -2.27. The number of likely N-dealkylation sites (tertiary alicyclic amines) is 1. The predicted molar refractivity (Wildman–Crippen MR) is 136 cm³/mol. The van der Waals surface area contributed by atoms with Gasteiger partial charge >= 0.3 is 0 Å². The average Bonchev–Trinajstić information content (AvgIpc) is 3.17. The zero-order chi connectivity index (χ0) is 21.5. The van der Waals surface area contributed by atoms with Gasteiger partial charge in [-0.1, -0.05) is 42.5 Å². The molecule has 0 aliphatic carbocycles. The van der Waals surface area contributed by atoms with Crippen LogP contribution < -0.4 is 20.1 Å². The largest absolute Gasteiger partial charge is 0.486 e. The molecule has 1 amide bonds. The van der Waals surface area contributed by atoms with Crippen molar-refractivity contribution in [2.75, 3.05) is 39.8 Å². The molecule has 2 N–H and O–H groups in total. The van der Waals surface area contributed by atoms with Crippen molar-refractivity contribution in [3.63, 3.8) is 0 Å². The number of guanidine groups is 1. The van der Waals surface area contributed by atoms with E-state index >= 15 is 0 Å². The number of amides is 1. The Hall–Kier alpha value is -2.49. The van der Waals surface area contributed by atoms with Crippen molar-refractivity contribution in [2.24, 2.45) is 10.9 Å². The minimum absolute atomic E-state index is 0. The molecule has 2 aromatic rings. The monoisotopic (exact) mass is 550 g/mol. The summed E-state index contributed by atoms with van der Waals surface area (Å²) in [6.45, 7) is 3.34. The molecule has 2 unspecified atom stereocenters. The minimum atomic E-state index is -0.0880. The third-order valence-corrected chi connectivity index (χ3v) is 5.65. The summed E-state index contributed by atoms with van der Waals surface area (Å²) in [6.07, 6.45) is 1.38. The van der Waals surface area contributed by atoms with Gasteiger partial charge in [-0.25, -0.2) is 0 Å². The van der Waals surface area contributed by atoms with Gasteiger partial charge in [0.05, 0.1) is 6.54 Å². The fourth-order valence-electron chi connectivity index (χ4n) is 3.95. The molecule has 32 heavy (non-hydrogen) atoms. The van der Waals surface area contributed by atoms with Crippen LogP contribution in [0.4, 0.5) is 0 Å². The molecule has 0 spiro atoms. The van der Waals surface area contributed by atoms with E-state index in [0.29, 0.717) is 32.1 Å². The number of carbonyl (C=O) groups is 1. The van der Waals surface area contributed by atoms with E-state index in [-0.39, 0.29) is 41.9 Å². The van der Waals surface area contributed by atoms with Crippen LogP contribution >= 0.6 is 24.0 Å². The number of rotatable bonds is 7. The fourth-order valence-corrected chi connectivity index (χ4v) is 3.95. The van der Waals surface area contributed by atoms with Crippen LogP contribution in [-0.2, 0) is 11.2 Å². The van der Waals surface area contributed by atoms with Crippen molar-refractivity contribution < 1.29 is 14.3 Å². The zero-order valence-electron chi connectivity index (χ0n) is 18.3. The number of fused-ring (bicyclic) bond motifs is 1. The second-order valence-electron chi connectivity index (χ2n) is 7.98. The van der Waals surface area contributed by atoms with Gasteiger partial charge in [-0.05, 0) is 24.1 Å². The maximum atomic E-state index is 12.4. The summed E-state index contributed by atoms with van der Waals surface area (Å²) in [7, 11) is 1.74. The highest BCUT2D eigenvalue weighted by atomic mass is 127. The van der Waals surface area contributed by atoms with Crippen LogP contribution in [0.2, 0.25) is 0 Å². The van der Waals surface area contributed by atoms with E-state index in [1.54, 1.807) is 7.05 Å². The number of hydrogen-bond acceptors (Lipinski definition) is 4. The molecule has 2 atom stereocenters. The minimum Gasteiger partial charge on any atom is -0.486 e. The van der Waals surface area contributed by atoms with E-state index in [1.807, 2.05) is 47.4 Å². The highest BCUT2D eigenvalue weighted by molar-refractivity contribution is 14.0. The van der Waals surface area contributed by atoms with Gasteiger partial charge in [0, 0.05) is 39.0 Å². The molecule has 0 bridgehead atoms. The molecule has 8 heteroatoms. The average molecular weight is 550 g/mol. The lowest BCUT2D eigenvalue weighted by Crippen LogP contribution is -2.46. The summed E-state index contributed by atoms with van der Waals surface area (Å²) < 4.78 is 11.7. The Morgan fingerprint density at radius 1 is 1.06 bits per heavy atom. The Morgan fingerprint density at radius 3 is 2.56 bits per heavy atom. The normalized spacial score (nSPS) is 20.0. The molecule has 2 aliphatic heterocycles. The number of benzene rings is 2. The first-order chi connectivity index (χ1) is 15.2. The van der Waals surface area contributed by atoms with Gasteiger partial charge in [-0.15, -0.1) is 24.0 Å². The molecule has 0 aromatic heterocycles.